The second-order valence-electron chi connectivity index (χ2n) is 10.1. The molecule has 3 N–H and O–H groups in total. The first kappa shape index (κ1) is 29.2. The van der Waals surface area contributed by atoms with Crippen molar-refractivity contribution in [1.29, 1.82) is 0 Å². The minimum Gasteiger partial charge on any atom is -0.496 e. The van der Waals surface area contributed by atoms with E-state index in [9.17, 15) is 14.7 Å². The normalized spacial score (nSPS) is 13.0. The number of carbonyl (C=O) groups excluding carboxylic acids is 2. The summed E-state index contributed by atoms with van der Waals surface area (Å²) >= 11 is 6.86. The van der Waals surface area contributed by atoms with Gasteiger partial charge in [0.05, 0.1) is 30.1 Å². The number of anilines is 2. The van der Waals surface area contributed by atoms with E-state index < -0.39 is 5.91 Å². The number of aliphatic hydroxyl groups excluding tert-OH is 1. The Bertz CT molecular complexity index is 1670. The van der Waals surface area contributed by atoms with Crippen LogP contribution in [0.2, 0.25) is 5.02 Å². The number of likely N-dealkylation sites (N-methyl/N-ethyl adjacent to an activating group) is 1. The Labute approximate surface area is 249 Å². The molecule has 0 bridgehead atoms. The van der Waals surface area contributed by atoms with Crippen molar-refractivity contribution in [2.45, 2.75) is 33.4 Å². The number of methoxy groups -OCH3 is 1. The molecule has 0 atom stereocenters. The van der Waals surface area contributed by atoms with E-state index in [1.165, 1.54) is 19.4 Å². The molecule has 0 unspecified atom stereocenters. The van der Waals surface area contributed by atoms with Crippen LogP contribution in [0, 0.1) is 6.92 Å². The van der Waals surface area contributed by atoms with Crippen LogP contribution in [0.15, 0.2) is 48.7 Å². The van der Waals surface area contributed by atoms with Crippen LogP contribution in [0.4, 0.5) is 11.4 Å². The van der Waals surface area contributed by atoms with Gasteiger partial charge >= 0.3 is 0 Å². The van der Waals surface area contributed by atoms with Gasteiger partial charge in [0.1, 0.15) is 11.4 Å². The van der Waals surface area contributed by atoms with E-state index in [2.05, 4.69) is 32.4 Å². The van der Waals surface area contributed by atoms with Crippen LogP contribution in [0.1, 0.15) is 50.5 Å². The molecule has 2 amide bonds. The molecule has 4 aromatic rings. The number of aromatic nitrogens is 3. The number of carbonyl (C=O) groups is 2. The molecule has 0 saturated heterocycles. The van der Waals surface area contributed by atoms with Gasteiger partial charge in [-0.3, -0.25) is 19.5 Å². The van der Waals surface area contributed by atoms with Crippen molar-refractivity contribution in [3.8, 4) is 16.9 Å². The van der Waals surface area contributed by atoms with Gasteiger partial charge in [-0.2, -0.15) is 0 Å². The number of imidazole rings is 1. The predicted octanol–water partition coefficient (Wildman–Crippen LogP) is 4.83. The van der Waals surface area contributed by atoms with Gasteiger partial charge in [0.15, 0.2) is 5.82 Å². The van der Waals surface area contributed by atoms with Gasteiger partial charge in [0.2, 0.25) is 0 Å². The van der Waals surface area contributed by atoms with Crippen LogP contribution in [0.5, 0.6) is 5.75 Å². The molecule has 5 rings (SSSR count). The van der Waals surface area contributed by atoms with Crippen molar-refractivity contribution in [2.75, 3.05) is 30.8 Å². The molecule has 42 heavy (non-hydrogen) atoms. The zero-order chi connectivity index (χ0) is 30.0. The van der Waals surface area contributed by atoms with Crippen LogP contribution in [-0.4, -0.2) is 56.6 Å². The Morgan fingerprint density at radius 2 is 1.81 bits per heavy atom. The van der Waals surface area contributed by atoms with E-state index in [4.69, 9.17) is 16.3 Å². The van der Waals surface area contributed by atoms with Crippen molar-refractivity contribution < 1.29 is 19.4 Å². The Morgan fingerprint density at radius 1 is 1.10 bits per heavy atom. The maximum atomic E-state index is 13.3. The number of hydrogen-bond acceptors (Lipinski definition) is 7. The number of hydrogen-bond donors (Lipinski definition) is 3. The molecule has 11 heteroatoms. The van der Waals surface area contributed by atoms with E-state index in [0.717, 1.165) is 48.6 Å². The molecule has 0 saturated carbocycles. The van der Waals surface area contributed by atoms with Crippen LogP contribution in [-0.2, 0) is 26.6 Å². The van der Waals surface area contributed by atoms with Crippen molar-refractivity contribution in [2.24, 2.45) is 7.05 Å². The highest BCUT2D eigenvalue weighted by molar-refractivity contribution is 6.36. The van der Waals surface area contributed by atoms with Gasteiger partial charge in [0, 0.05) is 61.3 Å². The third-order valence-corrected chi connectivity index (χ3v) is 8.08. The first-order chi connectivity index (χ1) is 20.2. The number of pyridine rings is 1. The van der Waals surface area contributed by atoms with E-state index in [1.807, 2.05) is 42.8 Å². The lowest BCUT2D eigenvalue weighted by Crippen LogP contribution is -2.30. The summed E-state index contributed by atoms with van der Waals surface area (Å²) in [4.78, 5) is 37.5. The smallest absolute Gasteiger partial charge is 0.291 e. The number of aliphatic hydroxyl groups is 1. The topological polar surface area (TPSA) is 122 Å². The standard InChI is InChI=1S/C31H33ClN6O4/c1-5-38-13-12-26-25(16-38)34-29(37(26)3)31(41)36-23-11-7-9-21(28(23)32)20-8-6-10-22(18(20)2)35-30(40)24-14-27(42-4)19(17-39)15-33-24/h6-11,14-15,39H,5,12-13,16-17H2,1-4H3,(H,35,40)(H,36,41). The maximum Gasteiger partial charge on any atom is 0.291 e. The summed E-state index contributed by atoms with van der Waals surface area (Å²) in [5.41, 5.74) is 5.97. The monoisotopic (exact) mass is 588 g/mol. The largest absolute Gasteiger partial charge is 0.496 e. The summed E-state index contributed by atoms with van der Waals surface area (Å²) in [5, 5.41) is 15.7. The predicted molar refractivity (Wildman–Crippen MR) is 162 cm³/mol. The molecule has 3 heterocycles. The Balaban J connectivity index is 1.38. The summed E-state index contributed by atoms with van der Waals surface area (Å²) in [7, 11) is 3.34. The van der Waals surface area contributed by atoms with Crippen molar-refractivity contribution in [3.05, 3.63) is 87.7 Å². The van der Waals surface area contributed by atoms with E-state index in [0.29, 0.717) is 39.1 Å². The van der Waals surface area contributed by atoms with Gasteiger partial charge in [-0.05, 0) is 36.7 Å². The molecule has 2 aromatic heterocycles. The first-order valence-electron chi connectivity index (χ1n) is 13.7. The molecule has 10 nitrogen and oxygen atoms in total. The lowest BCUT2D eigenvalue weighted by Gasteiger charge is -2.24. The van der Waals surface area contributed by atoms with Crippen molar-refractivity contribution in [3.63, 3.8) is 0 Å². The van der Waals surface area contributed by atoms with E-state index >= 15 is 0 Å². The summed E-state index contributed by atoms with van der Waals surface area (Å²) in [6.07, 6.45) is 2.26. The number of rotatable bonds is 8. The molecule has 0 spiro atoms. The number of halogens is 1. The number of fused-ring (bicyclic) bond motifs is 1. The lowest BCUT2D eigenvalue weighted by atomic mass is 9.98. The molecule has 1 aliphatic rings. The summed E-state index contributed by atoms with van der Waals surface area (Å²) < 4.78 is 7.13. The molecule has 1 aliphatic heterocycles. The Morgan fingerprint density at radius 3 is 2.52 bits per heavy atom. The Hall–Kier alpha value is -4.25. The lowest BCUT2D eigenvalue weighted by molar-refractivity contribution is 0.100. The van der Waals surface area contributed by atoms with Gasteiger partial charge < -0.3 is 25.0 Å². The summed E-state index contributed by atoms with van der Waals surface area (Å²) in [5.74, 6) is -0.0353. The SMILES string of the molecule is CCN1CCc2c(nc(C(=O)Nc3cccc(-c4cccc(NC(=O)c5cc(OC)c(CO)cn5)c4C)c3Cl)n2C)C1. The van der Waals surface area contributed by atoms with E-state index in [-0.39, 0.29) is 18.2 Å². The minimum atomic E-state index is -0.426. The van der Waals surface area contributed by atoms with Gasteiger partial charge in [0.25, 0.3) is 11.8 Å². The van der Waals surface area contributed by atoms with Crippen molar-refractivity contribution in [1.82, 2.24) is 19.4 Å². The first-order valence-corrected chi connectivity index (χ1v) is 14.0. The quantitative estimate of drug-likeness (QED) is 0.270. The number of amides is 2. The molecule has 218 valence electrons. The zero-order valence-electron chi connectivity index (χ0n) is 24.0. The van der Waals surface area contributed by atoms with Crippen LogP contribution in [0.25, 0.3) is 11.1 Å². The number of nitrogens with one attached hydrogen (secondary N) is 2. The van der Waals surface area contributed by atoms with Crippen LogP contribution >= 0.6 is 11.6 Å². The van der Waals surface area contributed by atoms with E-state index in [1.54, 1.807) is 12.1 Å². The fourth-order valence-electron chi connectivity index (χ4n) is 5.22. The average Bonchev–Trinajstić information content (AvgIpc) is 3.34. The fraction of sp³-hybridized carbons (Fsp3) is 0.290. The number of nitrogens with zero attached hydrogens (tertiary/aromatic N) is 4. The molecule has 2 aromatic carbocycles. The second kappa shape index (κ2) is 12.3. The van der Waals surface area contributed by atoms with Crippen molar-refractivity contribution >= 4 is 34.8 Å². The fourth-order valence-corrected chi connectivity index (χ4v) is 5.49. The number of ether oxygens (including phenoxy) is 1. The van der Waals surface area contributed by atoms with Gasteiger partial charge in [-0.1, -0.05) is 42.8 Å². The van der Waals surface area contributed by atoms with Gasteiger partial charge in [-0.25, -0.2) is 4.98 Å². The summed E-state index contributed by atoms with van der Waals surface area (Å²) in [6.45, 7) is 6.36. The highest BCUT2D eigenvalue weighted by Crippen LogP contribution is 2.37. The van der Waals surface area contributed by atoms with Crippen LogP contribution < -0.4 is 15.4 Å². The molecule has 0 aliphatic carbocycles. The second-order valence-corrected chi connectivity index (χ2v) is 10.5. The average molecular weight is 589 g/mol. The summed E-state index contributed by atoms with van der Waals surface area (Å²) in [6, 6.07) is 12.4. The Kier molecular flexibility index (Phi) is 8.58. The molecule has 0 fully saturated rings. The van der Waals surface area contributed by atoms with Crippen LogP contribution in [0.3, 0.4) is 0 Å². The third-order valence-electron chi connectivity index (χ3n) is 7.67. The highest BCUT2D eigenvalue weighted by Gasteiger charge is 2.25. The highest BCUT2D eigenvalue weighted by atomic mass is 35.5. The maximum absolute atomic E-state index is 13.3. The molecular weight excluding hydrogens is 556 g/mol. The van der Waals surface area contributed by atoms with Gasteiger partial charge in [-0.15, -0.1) is 0 Å². The minimum absolute atomic E-state index is 0.148. The molecular formula is C31H33ClN6O4. The molecule has 0 radical (unpaired) electrons. The zero-order valence-corrected chi connectivity index (χ0v) is 24.7. The number of benzene rings is 2. The third kappa shape index (κ3) is 5.61.